The smallest absolute Gasteiger partial charge is 0.337 e. The van der Waals surface area contributed by atoms with Crippen LogP contribution in [0.15, 0.2) is 45.6 Å². The van der Waals surface area contributed by atoms with Gasteiger partial charge in [0.2, 0.25) is 0 Å². The Hall–Kier alpha value is -1.92. The zero-order valence-electron chi connectivity index (χ0n) is 18.1. The molecular formula is C22H31N2O5P. The summed E-state index contributed by atoms with van der Waals surface area (Å²) < 4.78 is 23.1. The molecule has 1 aromatic heterocycles. The number of nitrogens with zero attached hydrogens (tertiary/aromatic N) is 2. The predicted molar refractivity (Wildman–Crippen MR) is 118 cm³/mol. The van der Waals surface area contributed by atoms with Crippen molar-refractivity contribution in [2.45, 2.75) is 32.9 Å². The van der Waals surface area contributed by atoms with Gasteiger partial charge in [0.15, 0.2) is 12.8 Å². The number of aryl methyl sites for hydroxylation is 1. The maximum atomic E-state index is 11.8. The van der Waals surface area contributed by atoms with Gasteiger partial charge < -0.3 is 18.8 Å². The van der Waals surface area contributed by atoms with Crippen LogP contribution >= 0.6 is 7.28 Å². The average molecular weight is 434 g/mol. The molecule has 7 nitrogen and oxygen atoms in total. The number of furan rings is 1. The first-order valence-electron chi connectivity index (χ1n) is 10.2. The van der Waals surface area contributed by atoms with Crippen LogP contribution < -0.4 is 5.50 Å². The molecule has 3 rings (SSSR count). The molecule has 1 N–H and O–H groups in total. The van der Waals surface area contributed by atoms with E-state index in [0.29, 0.717) is 17.8 Å². The highest BCUT2D eigenvalue weighted by molar-refractivity contribution is 7.70. The Balaban J connectivity index is 2.06. The SMILES string of the molecule is Cc1ccc(P(=Nc2ccccc2C(=O)O)(OCCN2CCOCC2)C(C)(C)C)o1. The fourth-order valence-corrected chi connectivity index (χ4v) is 6.42. The lowest BCUT2D eigenvalue weighted by Gasteiger charge is -2.36. The third kappa shape index (κ3) is 5.03. The molecule has 1 fully saturated rings. The summed E-state index contributed by atoms with van der Waals surface area (Å²) in [5, 5.41) is 9.26. The van der Waals surface area contributed by atoms with Crippen LogP contribution in [0.2, 0.25) is 0 Å². The second-order valence-electron chi connectivity index (χ2n) is 8.34. The Bertz CT molecular complexity index is 926. The molecule has 0 radical (unpaired) electrons. The lowest BCUT2D eigenvalue weighted by atomic mass is 10.2. The van der Waals surface area contributed by atoms with Crippen LogP contribution in [0, 0.1) is 6.92 Å². The quantitative estimate of drug-likeness (QED) is 0.646. The summed E-state index contributed by atoms with van der Waals surface area (Å²) in [4.78, 5) is 14.1. The fraction of sp³-hybridized carbons (Fsp3) is 0.500. The molecule has 1 aromatic carbocycles. The van der Waals surface area contributed by atoms with Crippen molar-refractivity contribution >= 4 is 24.4 Å². The number of ether oxygens (including phenoxy) is 1. The first-order valence-corrected chi connectivity index (χ1v) is 11.9. The van der Waals surface area contributed by atoms with Crippen molar-refractivity contribution in [1.29, 1.82) is 0 Å². The van der Waals surface area contributed by atoms with E-state index in [1.807, 2.05) is 19.1 Å². The number of morpholine rings is 1. The van der Waals surface area contributed by atoms with Gasteiger partial charge in [-0.1, -0.05) is 32.9 Å². The number of carboxylic acids is 1. The van der Waals surface area contributed by atoms with E-state index in [1.54, 1.807) is 24.3 Å². The van der Waals surface area contributed by atoms with Gasteiger partial charge in [0.1, 0.15) is 5.76 Å². The second-order valence-corrected chi connectivity index (χ2v) is 11.7. The minimum absolute atomic E-state index is 0.159. The molecule has 1 saturated heterocycles. The van der Waals surface area contributed by atoms with Gasteiger partial charge in [0, 0.05) is 24.8 Å². The minimum Gasteiger partial charge on any atom is -0.478 e. The molecule has 1 atom stereocenters. The summed E-state index contributed by atoms with van der Waals surface area (Å²) in [5.74, 6) is -0.234. The number of aromatic carboxylic acids is 1. The van der Waals surface area contributed by atoms with Gasteiger partial charge in [0.05, 0.1) is 31.1 Å². The van der Waals surface area contributed by atoms with Gasteiger partial charge >= 0.3 is 5.97 Å². The molecule has 1 unspecified atom stereocenters. The molecule has 0 spiro atoms. The highest BCUT2D eigenvalue weighted by Gasteiger charge is 2.40. The number of rotatable bonds is 7. The van der Waals surface area contributed by atoms with Crippen LogP contribution in [0.5, 0.6) is 0 Å². The highest BCUT2D eigenvalue weighted by atomic mass is 31.2. The van der Waals surface area contributed by atoms with Crippen molar-refractivity contribution < 1.29 is 23.6 Å². The molecule has 0 aliphatic carbocycles. The Morgan fingerprint density at radius 2 is 1.90 bits per heavy atom. The van der Waals surface area contributed by atoms with Crippen LogP contribution in [0.3, 0.4) is 0 Å². The summed E-state index contributed by atoms with van der Waals surface area (Å²) in [5.41, 5.74) is 1.24. The Kier molecular flexibility index (Phi) is 7.19. The number of carboxylic acid groups (broad SMARTS) is 1. The number of hydrogen-bond donors (Lipinski definition) is 1. The first-order chi connectivity index (χ1) is 14.2. The van der Waals surface area contributed by atoms with E-state index in [1.165, 1.54) is 0 Å². The largest absolute Gasteiger partial charge is 0.478 e. The first kappa shape index (κ1) is 22.8. The monoisotopic (exact) mass is 434 g/mol. The summed E-state index contributed by atoms with van der Waals surface area (Å²) in [6.07, 6.45) is 0. The van der Waals surface area contributed by atoms with E-state index in [9.17, 15) is 9.90 Å². The van der Waals surface area contributed by atoms with Crippen LogP contribution in [-0.2, 0) is 9.26 Å². The lowest BCUT2D eigenvalue weighted by Crippen LogP contribution is -2.38. The minimum atomic E-state index is -2.73. The lowest BCUT2D eigenvalue weighted by molar-refractivity contribution is 0.0327. The molecule has 1 aliphatic rings. The van der Waals surface area contributed by atoms with Crippen LogP contribution in [0.4, 0.5) is 5.69 Å². The summed E-state index contributed by atoms with van der Waals surface area (Å²) >= 11 is 0. The standard InChI is InChI=1S/C22H31N2O5P/c1-17-9-10-20(29-17)30(22(2,3)4,28-16-13-24-11-14-27-15-12-24)23-19-8-6-5-7-18(19)21(25)26/h5-10H,11-16H2,1-4H3,(H,25,26). The molecular weight excluding hydrogens is 403 g/mol. The zero-order chi connectivity index (χ0) is 21.8. The second kappa shape index (κ2) is 9.48. The molecule has 1 aliphatic heterocycles. The van der Waals surface area contributed by atoms with Crippen molar-refractivity contribution in [3.63, 3.8) is 0 Å². The van der Waals surface area contributed by atoms with Gasteiger partial charge in [-0.3, -0.25) is 4.90 Å². The molecule has 8 heteroatoms. The summed E-state index contributed by atoms with van der Waals surface area (Å²) in [6.45, 7) is 12.5. The van der Waals surface area contributed by atoms with Gasteiger partial charge in [-0.15, -0.1) is 0 Å². The third-order valence-corrected chi connectivity index (χ3v) is 8.82. The van der Waals surface area contributed by atoms with Crippen LogP contribution in [-0.4, -0.2) is 60.6 Å². The topological polar surface area (TPSA) is 84.5 Å². The number of benzene rings is 1. The Labute approximate surface area is 178 Å². The van der Waals surface area contributed by atoms with E-state index in [4.69, 9.17) is 18.4 Å². The van der Waals surface area contributed by atoms with E-state index in [-0.39, 0.29) is 5.56 Å². The molecule has 0 amide bonds. The van der Waals surface area contributed by atoms with Crippen molar-refractivity contribution in [3.05, 3.63) is 47.7 Å². The highest BCUT2D eigenvalue weighted by Crippen LogP contribution is 2.62. The number of hydrogen-bond acceptors (Lipinski definition) is 6. The predicted octanol–water partition coefficient (Wildman–Crippen LogP) is 4.51. The van der Waals surface area contributed by atoms with E-state index in [0.717, 1.165) is 38.6 Å². The van der Waals surface area contributed by atoms with E-state index < -0.39 is 18.4 Å². The van der Waals surface area contributed by atoms with E-state index in [2.05, 4.69) is 25.7 Å². The molecule has 30 heavy (non-hydrogen) atoms. The van der Waals surface area contributed by atoms with Crippen molar-refractivity contribution in [1.82, 2.24) is 4.90 Å². The van der Waals surface area contributed by atoms with Gasteiger partial charge in [-0.25, -0.2) is 9.54 Å². The molecule has 164 valence electrons. The molecule has 2 heterocycles. The maximum absolute atomic E-state index is 11.8. The van der Waals surface area contributed by atoms with Gasteiger partial charge in [0.25, 0.3) is 0 Å². The third-order valence-electron chi connectivity index (χ3n) is 5.11. The summed E-state index contributed by atoms with van der Waals surface area (Å²) in [6, 6.07) is 10.6. The Morgan fingerprint density at radius 1 is 1.20 bits per heavy atom. The maximum Gasteiger partial charge on any atom is 0.337 e. The van der Waals surface area contributed by atoms with E-state index >= 15 is 0 Å². The van der Waals surface area contributed by atoms with Crippen LogP contribution in [0.1, 0.15) is 36.9 Å². The molecule has 0 saturated carbocycles. The molecule has 2 aromatic rings. The van der Waals surface area contributed by atoms with Crippen molar-refractivity contribution in [3.8, 4) is 0 Å². The summed E-state index contributed by atoms with van der Waals surface area (Å²) in [7, 11) is -2.73. The zero-order valence-corrected chi connectivity index (χ0v) is 19.0. The van der Waals surface area contributed by atoms with Crippen molar-refractivity contribution in [2.75, 3.05) is 39.5 Å². The Morgan fingerprint density at radius 3 is 2.50 bits per heavy atom. The normalized spacial score (nSPS) is 17.5. The van der Waals surface area contributed by atoms with Crippen molar-refractivity contribution in [2.24, 2.45) is 4.74 Å². The fourth-order valence-electron chi connectivity index (χ4n) is 3.42. The average Bonchev–Trinajstić information content (AvgIpc) is 3.14. The van der Waals surface area contributed by atoms with Gasteiger partial charge in [-0.2, -0.15) is 0 Å². The molecule has 0 bridgehead atoms. The number of carbonyl (C=O) groups is 1. The van der Waals surface area contributed by atoms with Gasteiger partial charge in [-0.05, 0) is 31.2 Å². The van der Waals surface area contributed by atoms with Crippen LogP contribution in [0.25, 0.3) is 0 Å².